The van der Waals surface area contributed by atoms with Gasteiger partial charge in [-0.2, -0.15) is 0 Å². The van der Waals surface area contributed by atoms with Crippen LogP contribution >= 0.6 is 0 Å². The van der Waals surface area contributed by atoms with Gasteiger partial charge in [-0.15, -0.1) is 0 Å². The lowest BCUT2D eigenvalue weighted by Gasteiger charge is -2.15. The molecule has 3 rings (SSSR count). The van der Waals surface area contributed by atoms with Gasteiger partial charge in [0.2, 0.25) is 11.8 Å². The predicted molar refractivity (Wildman–Crippen MR) is 63.1 cm³/mol. The fraction of sp³-hybridized carbons (Fsp3) is 0.846. The molecule has 3 aliphatic carbocycles. The number of nitrogens with one attached hydrogen (secondary N) is 2. The van der Waals surface area contributed by atoms with Crippen molar-refractivity contribution in [3.05, 3.63) is 0 Å². The maximum Gasteiger partial charge on any atom is 0.235 e. The van der Waals surface area contributed by atoms with Gasteiger partial charge in [-0.1, -0.05) is 13.8 Å². The number of hydrogen-bond acceptors (Lipinski definition) is 2. The summed E-state index contributed by atoms with van der Waals surface area (Å²) < 4.78 is 0. The average Bonchev–Trinajstić information content (AvgIpc) is 3.09. The Kier molecular flexibility index (Phi) is 2.25. The fourth-order valence-corrected chi connectivity index (χ4v) is 2.34. The highest BCUT2D eigenvalue weighted by molar-refractivity contribution is 6.08. The van der Waals surface area contributed by atoms with Crippen molar-refractivity contribution in [2.45, 2.75) is 51.6 Å². The van der Waals surface area contributed by atoms with E-state index in [1.807, 2.05) is 0 Å². The quantitative estimate of drug-likeness (QED) is 0.710. The van der Waals surface area contributed by atoms with Crippen LogP contribution < -0.4 is 10.6 Å². The van der Waals surface area contributed by atoms with Crippen LogP contribution in [0.25, 0.3) is 0 Å². The van der Waals surface area contributed by atoms with E-state index in [1.54, 1.807) is 0 Å². The zero-order valence-electron chi connectivity index (χ0n) is 10.5. The molecule has 2 amide bonds. The maximum absolute atomic E-state index is 12.1. The van der Waals surface area contributed by atoms with Gasteiger partial charge in [0, 0.05) is 12.1 Å². The Labute approximate surface area is 102 Å². The van der Waals surface area contributed by atoms with Gasteiger partial charge in [0.25, 0.3) is 0 Å². The smallest absolute Gasteiger partial charge is 0.235 e. The third-order valence-corrected chi connectivity index (χ3v) is 4.47. The first kappa shape index (κ1) is 11.1. The Balaban J connectivity index is 1.56. The third kappa shape index (κ3) is 1.94. The van der Waals surface area contributed by atoms with Gasteiger partial charge in [-0.3, -0.25) is 9.59 Å². The van der Waals surface area contributed by atoms with E-state index in [9.17, 15) is 9.59 Å². The molecular formula is C13H20N2O2. The molecule has 0 heterocycles. The molecule has 4 atom stereocenters. The summed E-state index contributed by atoms with van der Waals surface area (Å²) in [5.41, 5.74) is -0.718. The zero-order valence-corrected chi connectivity index (χ0v) is 10.5. The van der Waals surface area contributed by atoms with Crippen molar-refractivity contribution < 1.29 is 9.59 Å². The molecule has 0 aliphatic heterocycles. The lowest BCUT2D eigenvalue weighted by Crippen LogP contribution is -2.44. The predicted octanol–water partition coefficient (Wildman–Crippen LogP) is 0.816. The molecule has 0 unspecified atom stereocenters. The van der Waals surface area contributed by atoms with Crippen LogP contribution in [0.2, 0.25) is 0 Å². The highest BCUT2D eigenvalue weighted by Crippen LogP contribution is 2.48. The molecule has 4 nitrogen and oxygen atoms in total. The minimum absolute atomic E-state index is 0.0438. The van der Waals surface area contributed by atoms with Crippen molar-refractivity contribution in [3.63, 3.8) is 0 Å². The van der Waals surface area contributed by atoms with E-state index in [1.165, 1.54) is 0 Å². The molecule has 2 N–H and O–H groups in total. The van der Waals surface area contributed by atoms with Gasteiger partial charge in [0.1, 0.15) is 5.41 Å². The largest absolute Gasteiger partial charge is 0.352 e. The average molecular weight is 236 g/mol. The molecule has 3 saturated carbocycles. The van der Waals surface area contributed by atoms with E-state index < -0.39 is 5.41 Å². The molecule has 0 aromatic carbocycles. The molecule has 17 heavy (non-hydrogen) atoms. The number of carbonyl (C=O) groups is 2. The van der Waals surface area contributed by atoms with Crippen molar-refractivity contribution in [1.82, 2.24) is 10.6 Å². The highest BCUT2D eigenvalue weighted by Gasteiger charge is 2.58. The van der Waals surface area contributed by atoms with Gasteiger partial charge in [0.05, 0.1) is 0 Å². The van der Waals surface area contributed by atoms with E-state index in [2.05, 4.69) is 24.5 Å². The van der Waals surface area contributed by atoms with Crippen molar-refractivity contribution in [1.29, 1.82) is 0 Å². The van der Waals surface area contributed by atoms with Gasteiger partial charge in [-0.05, 0) is 37.5 Å². The van der Waals surface area contributed by atoms with Crippen LogP contribution in [0.3, 0.4) is 0 Å². The summed E-state index contributed by atoms with van der Waals surface area (Å²) in [6.07, 6.45) is 3.55. The zero-order chi connectivity index (χ0) is 12.2. The molecule has 4 heteroatoms. The van der Waals surface area contributed by atoms with E-state index >= 15 is 0 Å². The second-order valence-electron chi connectivity index (χ2n) is 6.17. The number of hydrogen-bond donors (Lipinski definition) is 2. The third-order valence-electron chi connectivity index (χ3n) is 4.47. The molecule has 0 saturated heterocycles. The Hall–Kier alpha value is -1.06. The van der Waals surface area contributed by atoms with Crippen LogP contribution in [-0.2, 0) is 9.59 Å². The van der Waals surface area contributed by atoms with Crippen molar-refractivity contribution >= 4 is 11.8 Å². The summed E-state index contributed by atoms with van der Waals surface area (Å²) in [6.45, 7) is 4.24. The molecule has 0 radical (unpaired) electrons. The maximum atomic E-state index is 12.1. The van der Waals surface area contributed by atoms with E-state index in [4.69, 9.17) is 0 Å². The van der Waals surface area contributed by atoms with Crippen LogP contribution in [0.1, 0.15) is 39.5 Å². The Bertz CT molecular complexity index is 344. The van der Waals surface area contributed by atoms with Crippen molar-refractivity contribution in [2.24, 2.45) is 17.3 Å². The first-order valence-corrected chi connectivity index (χ1v) is 6.65. The lowest BCUT2D eigenvalue weighted by atomic mass is 10.1. The monoisotopic (exact) mass is 236 g/mol. The fourth-order valence-electron chi connectivity index (χ4n) is 2.34. The van der Waals surface area contributed by atoms with Gasteiger partial charge in [0.15, 0.2) is 0 Å². The first-order valence-electron chi connectivity index (χ1n) is 6.65. The van der Waals surface area contributed by atoms with E-state index in [-0.39, 0.29) is 11.8 Å². The van der Waals surface area contributed by atoms with Crippen molar-refractivity contribution in [3.8, 4) is 0 Å². The Morgan fingerprint density at radius 2 is 1.29 bits per heavy atom. The van der Waals surface area contributed by atoms with E-state index in [0.29, 0.717) is 36.8 Å². The second kappa shape index (κ2) is 3.47. The summed E-state index contributed by atoms with van der Waals surface area (Å²) in [5.74, 6) is 1.08. The van der Waals surface area contributed by atoms with Gasteiger partial charge >= 0.3 is 0 Å². The second-order valence-corrected chi connectivity index (χ2v) is 6.17. The number of carbonyl (C=O) groups excluding carboxylic acids is 2. The lowest BCUT2D eigenvalue weighted by molar-refractivity contribution is -0.137. The van der Waals surface area contributed by atoms with Gasteiger partial charge < -0.3 is 10.6 Å². The van der Waals surface area contributed by atoms with Gasteiger partial charge in [-0.25, -0.2) is 0 Å². The minimum Gasteiger partial charge on any atom is -0.352 e. The molecule has 3 fully saturated rings. The van der Waals surface area contributed by atoms with Crippen LogP contribution in [-0.4, -0.2) is 23.9 Å². The normalized spacial score (nSPS) is 40.4. The highest BCUT2D eigenvalue weighted by atomic mass is 16.2. The summed E-state index contributed by atoms with van der Waals surface area (Å²) in [4.78, 5) is 24.2. The molecule has 3 aliphatic rings. The summed E-state index contributed by atoms with van der Waals surface area (Å²) in [7, 11) is 0. The molecule has 94 valence electrons. The molecule has 0 spiro atoms. The van der Waals surface area contributed by atoms with Crippen molar-refractivity contribution in [2.75, 3.05) is 0 Å². The molecule has 0 aromatic heterocycles. The molecule has 0 aromatic rings. The standard InChI is InChI=1S/C13H20N2O2/c1-7-5-9(7)14-11(16)13(3-4-13)12(17)15-10-6-8(10)2/h7-10H,3-6H2,1-2H3,(H,14,16)(H,15,17)/t7-,8-,9+,10+/m1/s1. The first-order chi connectivity index (χ1) is 8.03. The van der Waals surface area contributed by atoms with Crippen LogP contribution in [0.4, 0.5) is 0 Å². The number of amides is 2. The topological polar surface area (TPSA) is 58.2 Å². The summed E-state index contributed by atoms with van der Waals surface area (Å²) in [5, 5.41) is 5.98. The minimum atomic E-state index is -0.718. The number of rotatable bonds is 4. The molecule has 0 bridgehead atoms. The Morgan fingerprint density at radius 3 is 1.53 bits per heavy atom. The summed E-state index contributed by atoms with van der Waals surface area (Å²) in [6, 6.07) is 0.625. The summed E-state index contributed by atoms with van der Waals surface area (Å²) >= 11 is 0. The Morgan fingerprint density at radius 1 is 0.941 bits per heavy atom. The SMILES string of the molecule is C[C@@H]1C[C@@H]1NC(=O)C1(C(=O)N[C@H]2C[C@H]2C)CC1. The van der Waals surface area contributed by atoms with Crippen LogP contribution in [0, 0.1) is 17.3 Å². The molecular weight excluding hydrogens is 216 g/mol. The van der Waals surface area contributed by atoms with E-state index in [0.717, 1.165) is 12.8 Å². The van der Waals surface area contributed by atoms with Crippen LogP contribution in [0.15, 0.2) is 0 Å². The van der Waals surface area contributed by atoms with Crippen LogP contribution in [0.5, 0.6) is 0 Å².